The van der Waals surface area contributed by atoms with E-state index >= 15 is 0 Å². The van der Waals surface area contributed by atoms with Gasteiger partial charge in [-0.1, -0.05) is 133 Å². The lowest BCUT2D eigenvalue weighted by molar-refractivity contribution is 1.29. The maximum absolute atomic E-state index is 2.38. The number of hydrogen-bond acceptors (Lipinski definition) is 2. The van der Waals surface area contributed by atoms with Crippen molar-refractivity contribution in [2.45, 2.75) is 0 Å². The van der Waals surface area contributed by atoms with Crippen molar-refractivity contribution in [2.75, 3.05) is 9.80 Å². The van der Waals surface area contributed by atoms with Crippen molar-refractivity contribution < 1.29 is 0 Å². The molecule has 0 aliphatic heterocycles. The van der Waals surface area contributed by atoms with Crippen LogP contribution in [0.5, 0.6) is 0 Å². The maximum atomic E-state index is 2.38. The fraction of sp³-hybridized carbons (Fsp3) is 0. The van der Waals surface area contributed by atoms with Crippen LogP contribution in [0.4, 0.5) is 34.1 Å². The molecule has 0 aliphatic rings. The molecule has 0 saturated heterocycles. The number of nitrogens with zero attached hydrogens (tertiary/aromatic N) is 2. The van der Waals surface area contributed by atoms with E-state index in [1.807, 2.05) is 0 Å². The highest BCUT2D eigenvalue weighted by Gasteiger charge is 2.17. The van der Waals surface area contributed by atoms with Gasteiger partial charge in [0, 0.05) is 34.1 Å². The molecular weight excluding hydrogens is 629 g/mol. The SMILES string of the molecule is c1ccc2cc(N(c3ccc4ccccc4c3)c3ccc4cc(N(c5ccc6ccccc6c5)c5ccc6ccccc6c5)ccc4c3)ccc2c1. The number of benzene rings is 10. The van der Waals surface area contributed by atoms with Crippen LogP contribution in [0.2, 0.25) is 0 Å². The molecule has 0 atom stereocenters. The van der Waals surface area contributed by atoms with Crippen molar-refractivity contribution >= 4 is 88.0 Å². The summed E-state index contributed by atoms with van der Waals surface area (Å²) in [5, 5.41) is 12.2. The van der Waals surface area contributed by atoms with Crippen LogP contribution >= 0.6 is 0 Å². The van der Waals surface area contributed by atoms with Crippen LogP contribution in [0.15, 0.2) is 206 Å². The second-order valence-corrected chi connectivity index (χ2v) is 13.5. The highest BCUT2D eigenvalue weighted by atomic mass is 15.1. The molecule has 0 saturated carbocycles. The summed E-state index contributed by atoms with van der Waals surface area (Å²) >= 11 is 0. The molecule has 52 heavy (non-hydrogen) atoms. The van der Waals surface area contributed by atoms with Crippen LogP contribution in [0, 0.1) is 0 Å². The molecule has 10 aromatic carbocycles. The molecule has 2 nitrogen and oxygen atoms in total. The molecule has 0 N–H and O–H groups in total. The molecule has 2 heteroatoms. The molecule has 0 aliphatic carbocycles. The van der Waals surface area contributed by atoms with E-state index < -0.39 is 0 Å². The van der Waals surface area contributed by atoms with Gasteiger partial charge in [-0.05, 0) is 127 Å². The van der Waals surface area contributed by atoms with E-state index in [0.29, 0.717) is 0 Å². The summed E-state index contributed by atoms with van der Waals surface area (Å²) in [6.45, 7) is 0. The molecule has 244 valence electrons. The molecule has 10 rings (SSSR count). The predicted molar refractivity (Wildman–Crippen MR) is 223 cm³/mol. The zero-order chi connectivity index (χ0) is 34.4. The number of rotatable bonds is 6. The Labute approximate surface area is 303 Å². The lowest BCUT2D eigenvalue weighted by Gasteiger charge is -2.28. The van der Waals surface area contributed by atoms with Gasteiger partial charge in [0.05, 0.1) is 0 Å². The van der Waals surface area contributed by atoms with E-state index in [4.69, 9.17) is 0 Å². The Balaban J connectivity index is 1.11. The van der Waals surface area contributed by atoms with Gasteiger partial charge in [-0.15, -0.1) is 0 Å². The van der Waals surface area contributed by atoms with E-state index in [0.717, 1.165) is 34.1 Å². The highest BCUT2D eigenvalue weighted by Crippen LogP contribution is 2.41. The van der Waals surface area contributed by atoms with E-state index in [-0.39, 0.29) is 0 Å². The topological polar surface area (TPSA) is 6.48 Å². The minimum absolute atomic E-state index is 1.12. The van der Waals surface area contributed by atoms with Gasteiger partial charge < -0.3 is 9.80 Å². The largest absolute Gasteiger partial charge is 0.310 e. The first-order chi connectivity index (χ1) is 25.7. The van der Waals surface area contributed by atoms with Gasteiger partial charge in [-0.3, -0.25) is 0 Å². The summed E-state index contributed by atoms with van der Waals surface area (Å²) in [6.07, 6.45) is 0. The molecule has 0 bridgehead atoms. The van der Waals surface area contributed by atoms with Gasteiger partial charge in [-0.2, -0.15) is 0 Å². The molecule has 0 spiro atoms. The van der Waals surface area contributed by atoms with Crippen LogP contribution in [-0.4, -0.2) is 0 Å². The Hall–Kier alpha value is -6.90. The smallest absolute Gasteiger partial charge is 0.0468 e. The summed E-state index contributed by atoms with van der Waals surface area (Å²) in [5.41, 5.74) is 6.75. The van der Waals surface area contributed by atoms with E-state index in [1.54, 1.807) is 0 Å². The zero-order valence-corrected chi connectivity index (χ0v) is 28.5. The molecule has 0 radical (unpaired) electrons. The van der Waals surface area contributed by atoms with Crippen LogP contribution in [-0.2, 0) is 0 Å². The lowest BCUT2D eigenvalue weighted by Crippen LogP contribution is -2.11. The fourth-order valence-corrected chi connectivity index (χ4v) is 7.66. The maximum Gasteiger partial charge on any atom is 0.0468 e. The molecule has 0 heterocycles. The average molecular weight is 663 g/mol. The van der Waals surface area contributed by atoms with E-state index in [1.165, 1.54) is 53.9 Å². The van der Waals surface area contributed by atoms with Crippen LogP contribution in [0.1, 0.15) is 0 Å². The molecular formula is C50H34N2. The molecule has 0 amide bonds. The molecule has 0 aromatic heterocycles. The van der Waals surface area contributed by atoms with Crippen molar-refractivity contribution in [3.63, 3.8) is 0 Å². The highest BCUT2D eigenvalue weighted by molar-refractivity contribution is 5.98. The third kappa shape index (κ3) is 5.39. The van der Waals surface area contributed by atoms with Crippen LogP contribution < -0.4 is 9.80 Å². The first kappa shape index (κ1) is 30.0. The van der Waals surface area contributed by atoms with Crippen molar-refractivity contribution in [3.05, 3.63) is 206 Å². The normalized spacial score (nSPS) is 11.5. The van der Waals surface area contributed by atoms with Crippen molar-refractivity contribution in [1.29, 1.82) is 0 Å². The number of hydrogen-bond donors (Lipinski definition) is 0. The van der Waals surface area contributed by atoms with E-state index in [9.17, 15) is 0 Å². The van der Waals surface area contributed by atoms with Gasteiger partial charge in [-0.25, -0.2) is 0 Å². The summed E-state index contributed by atoms with van der Waals surface area (Å²) in [6, 6.07) is 75.0. The minimum atomic E-state index is 1.12. The Morgan fingerprint density at radius 1 is 0.173 bits per heavy atom. The first-order valence-corrected chi connectivity index (χ1v) is 17.8. The second-order valence-electron chi connectivity index (χ2n) is 13.5. The zero-order valence-electron chi connectivity index (χ0n) is 28.5. The molecule has 0 fully saturated rings. The second kappa shape index (κ2) is 12.5. The van der Waals surface area contributed by atoms with Gasteiger partial charge >= 0.3 is 0 Å². The summed E-state index contributed by atoms with van der Waals surface area (Å²) in [4.78, 5) is 4.76. The van der Waals surface area contributed by atoms with Crippen molar-refractivity contribution in [1.82, 2.24) is 0 Å². The van der Waals surface area contributed by atoms with Gasteiger partial charge in [0.2, 0.25) is 0 Å². The lowest BCUT2D eigenvalue weighted by atomic mass is 10.0. The Bertz CT molecular complexity index is 2580. The monoisotopic (exact) mass is 662 g/mol. The Morgan fingerprint density at radius 3 is 0.577 bits per heavy atom. The first-order valence-electron chi connectivity index (χ1n) is 17.8. The number of fused-ring (bicyclic) bond motifs is 5. The summed E-state index contributed by atoms with van der Waals surface area (Å²) in [7, 11) is 0. The number of anilines is 6. The van der Waals surface area contributed by atoms with Crippen LogP contribution in [0.25, 0.3) is 53.9 Å². The predicted octanol–water partition coefficient (Wildman–Crippen LogP) is 14.4. The third-order valence-corrected chi connectivity index (χ3v) is 10.3. The Kier molecular flexibility index (Phi) is 7.18. The average Bonchev–Trinajstić information content (AvgIpc) is 3.21. The van der Waals surface area contributed by atoms with Gasteiger partial charge in [0.25, 0.3) is 0 Å². The minimum Gasteiger partial charge on any atom is -0.310 e. The van der Waals surface area contributed by atoms with E-state index in [2.05, 4.69) is 216 Å². The Morgan fingerprint density at radius 2 is 0.346 bits per heavy atom. The fourth-order valence-electron chi connectivity index (χ4n) is 7.66. The standard InChI is InChI=1S/C50H34N2/c1-5-13-39-29-45(23-17-35(39)9-1)51(46-24-18-36-10-2-6-14-40(36)30-46)49-27-21-44-34-50(28-22-43(44)33-49)52(47-25-19-37-11-3-7-15-41(37)31-47)48-26-20-38-12-4-8-16-42(38)32-48/h1-34H. The quantitative estimate of drug-likeness (QED) is 0.175. The molecule has 10 aromatic rings. The molecule has 0 unspecified atom stereocenters. The van der Waals surface area contributed by atoms with Crippen molar-refractivity contribution in [3.8, 4) is 0 Å². The van der Waals surface area contributed by atoms with Crippen molar-refractivity contribution in [2.24, 2.45) is 0 Å². The summed E-state index contributed by atoms with van der Waals surface area (Å²) in [5.74, 6) is 0. The summed E-state index contributed by atoms with van der Waals surface area (Å²) < 4.78 is 0. The van der Waals surface area contributed by atoms with Crippen LogP contribution in [0.3, 0.4) is 0 Å². The van der Waals surface area contributed by atoms with Gasteiger partial charge in [0.15, 0.2) is 0 Å². The van der Waals surface area contributed by atoms with Gasteiger partial charge in [0.1, 0.15) is 0 Å². The third-order valence-electron chi connectivity index (χ3n) is 10.3.